The van der Waals surface area contributed by atoms with Crippen LogP contribution in [0.15, 0.2) is 0 Å². The highest BCUT2D eigenvalue weighted by Gasteiger charge is 2.29. The molecule has 0 saturated heterocycles. The Bertz CT molecular complexity index is 212. The minimum absolute atomic E-state index is 0.0304. The Kier molecular flexibility index (Phi) is 5.77. The predicted molar refractivity (Wildman–Crippen MR) is 62.1 cm³/mol. The maximum absolute atomic E-state index is 11.2. The average molecular weight is 229 g/mol. The summed E-state index contributed by atoms with van der Waals surface area (Å²) in [7, 11) is 0. The molecule has 0 aromatic heterocycles. The van der Waals surface area contributed by atoms with Gasteiger partial charge in [-0.3, -0.25) is 0 Å². The molecule has 0 amide bonds. The summed E-state index contributed by atoms with van der Waals surface area (Å²) in [5, 5.41) is 0. The number of carbonyl (C=O) groups excluding carboxylic acids is 1. The lowest BCUT2D eigenvalue weighted by Crippen LogP contribution is -2.42. The normalized spacial score (nSPS) is 18.6. The summed E-state index contributed by atoms with van der Waals surface area (Å²) in [5.74, 6) is -0.282. The van der Waals surface area contributed by atoms with Crippen LogP contribution >= 0.6 is 0 Å². The van der Waals surface area contributed by atoms with Crippen molar-refractivity contribution in [3.05, 3.63) is 0 Å². The van der Waals surface area contributed by atoms with Crippen LogP contribution in [0, 0.1) is 0 Å². The highest BCUT2D eigenvalue weighted by molar-refractivity contribution is 5.70. The average Bonchev–Trinajstić information content (AvgIpc) is 2.66. The van der Waals surface area contributed by atoms with Gasteiger partial charge in [-0.25, -0.2) is 4.79 Å². The van der Waals surface area contributed by atoms with Gasteiger partial charge in [0, 0.05) is 5.54 Å². The van der Waals surface area contributed by atoms with Gasteiger partial charge in [-0.05, 0) is 19.3 Å². The Balaban J connectivity index is 2.03. The van der Waals surface area contributed by atoms with E-state index < -0.39 is 0 Å². The number of unbranched alkanes of at least 4 members (excludes halogenated alkanes) is 1. The van der Waals surface area contributed by atoms with Gasteiger partial charge in [0.15, 0.2) is 0 Å². The molecule has 94 valence electrons. The fourth-order valence-corrected chi connectivity index (χ4v) is 1.93. The first-order chi connectivity index (χ1) is 7.66. The monoisotopic (exact) mass is 229 g/mol. The molecule has 0 unspecified atom stereocenters. The Hall–Kier alpha value is -0.610. The number of hydrogen-bond donors (Lipinski definition) is 1. The molecule has 4 heteroatoms. The molecule has 1 aliphatic carbocycles. The maximum Gasteiger partial charge on any atom is 0.332 e. The molecule has 4 nitrogen and oxygen atoms in total. The number of esters is 1. The summed E-state index contributed by atoms with van der Waals surface area (Å²) >= 11 is 0. The fraction of sp³-hybridized carbons (Fsp3) is 0.917. The van der Waals surface area contributed by atoms with Crippen molar-refractivity contribution in [3.63, 3.8) is 0 Å². The number of nitrogens with two attached hydrogens (primary N) is 1. The summed E-state index contributed by atoms with van der Waals surface area (Å²) in [4.78, 5) is 11.2. The van der Waals surface area contributed by atoms with Crippen molar-refractivity contribution in [2.24, 2.45) is 5.73 Å². The van der Waals surface area contributed by atoms with Crippen molar-refractivity contribution < 1.29 is 14.3 Å². The third kappa shape index (κ3) is 4.94. The van der Waals surface area contributed by atoms with Crippen LogP contribution in [-0.4, -0.2) is 31.3 Å². The zero-order chi connectivity index (χ0) is 11.9. The van der Waals surface area contributed by atoms with Gasteiger partial charge in [0.25, 0.3) is 0 Å². The quantitative estimate of drug-likeness (QED) is 0.532. The number of ether oxygens (including phenoxy) is 2. The molecule has 0 aliphatic heterocycles. The molecule has 1 saturated carbocycles. The summed E-state index contributed by atoms with van der Waals surface area (Å²) < 4.78 is 10.3. The molecular weight excluding hydrogens is 206 g/mol. The van der Waals surface area contributed by atoms with Crippen LogP contribution in [0.1, 0.15) is 45.4 Å². The van der Waals surface area contributed by atoms with E-state index in [0.29, 0.717) is 13.2 Å². The zero-order valence-corrected chi connectivity index (χ0v) is 10.2. The summed E-state index contributed by atoms with van der Waals surface area (Å²) in [6.45, 7) is 3.05. The first kappa shape index (κ1) is 13.5. The summed E-state index contributed by atoms with van der Waals surface area (Å²) in [5.41, 5.74) is 5.89. The van der Waals surface area contributed by atoms with Gasteiger partial charge < -0.3 is 15.2 Å². The number of rotatable bonds is 7. The van der Waals surface area contributed by atoms with E-state index in [1.54, 1.807) is 0 Å². The standard InChI is InChI=1S/C12H23NO3/c1-2-3-8-16-11(14)9-15-10-12(13)6-4-5-7-12/h2-10,13H2,1H3. The molecule has 1 rings (SSSR count). The molecule has 0 heterocycles. The minimum Gasteiger partial charge on any atom is -0.464 e. The second-order valence-electron chi connectivity index (χ2n) is 4.64. The SMILES string of the molecule is CCCCOC(=O)COCC1(N)CCCC1. The highest BCUT2D eigenvalue weighted by atomic mass is 16.6. The van der Waals surface area contributed by atoms with Crippen molar-refractivity contribution in [1.29, 1.82) is 0 Å². The van der Waals surface area contributed by atoms with Gasteiger partial charge in [0.1, 0.15) is 6.61 Å². The summed E-state index contributed by atoms with van der Waals surface area (Å²) in [6.07, 6.45) is 6.27. The van der Waals surface area contributed by atoms with E-state index >= 15 is 0 Å². The largest absolute Gasteiger partial charge is 0.464 e. The Morgan fingerprint density at radius 2 is 2.06 bits per heavy atom. The lowest BCUT2D eigenvalue weighted by molar-refractivity contribution is -0.149. The maximum atomic E-state index is 11.2. The lowest BCUT2D eigenvalue weighted by Gasteiger charge is -2.22. The van der Waals surface area contributed by atoms with Crippen LogP contribution in [0.4, 0.5) is 0 Å². The van der Waals surface area contributed by atoms with Gasteiger partial charge >= 0.3 is 5.97 Å². The first-order valence-corrected chi connectivity index (χ1v) is 6.18. The van der Waals surface area contributed by atoms with E-state index in [1.165, 1.54) is 12.8 Å². The Labute approximate surface area is 97.5 Å². The zero-order valence-electron chi connectivity index (χ0n) is 10.2. The minimum atomic E-state index is -0.282. The van der Waals surface area contributed by atoms with Crippen LogP contribution in [0.2, 0.25) is 0 Å². The molecule has 0 atom stereocenters. The molecule has 1 aliphatic rings. The first-order valence-electron chi connectivity index (χ1n) is 6.18. The number of carbonyl (C=O) groups is 1. The van der Waals surface area contributed by atoms with E-state index in [4.69, 9.17) is 15.2 Å². The third-order valence-electron chi connectivity index (χ3n) is 2.97. The molecule has 0 spiro atoms. The molecule has 16 heavy (non-hydrogen) atoms. The fourth-order valence-electron chi connectivity index (χ4n) is 1.93. The van der Waals surface area contributed by atoms with Crippen molar-refractivity contribution >= 4 is 5.97 Å². The molecule has 0 radical (unpaired) electrons. The van der Waals surface area contributed by atoms with Gasteiger partial charge in [-0.1, -0.05) is 26.2 Å². The molecule has 1 fully saturated rings. The predicted octanol–water partition coefficient (Wildman–Crippen LogP) is 1.62. The van der Waals surface area contributed by atoms with Crippen LogP contribution < -0.4 is 5.73 Å². The van der Waals surface area contributed by atoms with Crippen LogP contribution in [0.3, 0.4) is 0 Å². The van der Waals surface area contributed by atoms with E-state index in [1.807, 2.05) is 0 Å². The molecule has 0 aromatic carbocycles. The molecule has 0 aromatic rings. The smallest absolute Gasteiger partial charge is 0.332 e. The van der Waals surface area contributed by atoms with Crippen LogP contribution in [0.25, 0.3) is 0 Å². The van der Waals surface area contributed by atoms with E-state index in [0.717, 1.165) is 25.7 Å². The highest BCUT2D eigenvalue weighted by Crippen LogP contribution is 2.27. The lowest BCUT2D eigenvalue weighted by atomic mass is 10.0. The van der Waals surface area contributed by atoms with E-state index in [-0.39, 0.29) is 18.1 Å². The van der Waals surface area contributed by atoms with Crippen molar-refractivity contribution in [2.45, 2.75) is 51.0 Å². The third-order valence-corrected chi connectivity index (χ3v) is 2.97. The van der Waals surface area contributed by atoms with Crippen LogP contribution in [0.5, 0.6) is 0 Å². The Morgan fingerprint density at radius 1 is 1.38 bits per heavy atom. The van der Waals surface area contributed by atoms with E-state index in [9.17, 15) is 4.79 Å². The second-order valence-corrected chi connectivity index (χ2v) is 4.64. The van der Waals surface area contributed by atoms with E-state index in [2.05, 4.69) is 6.92 Å². The van der Waals surface area contributed by atoms with Crippen molar-refractivity contribution in [3.8, 4) is 0 Å². The molecular formula is C12H23NO3. The summed E-state index contributed by atoms with van der Waals surface area (Å²) in [6, 6.07) is 0. The van der Waals surface area contributed by atoms with Gasteiger partial charge in [-0.2, -0.15) is 0 Å². The Morgan fingerprint density at radius 3 is 2.69 bits per heavy atom. The van der Waals surface area contributed by atoms with Gasteiger partial charge in [0.05, 0.1) is 13.2 Å². The molecule has 0 bridgehead atoms. The topological polar surface area (TPSA) is 61.5 Å². The van der Waals surface area contributed by atoms with Gasteiger partial charge in [-0.15, -0.1) is 0 Å². The number of hydrogen-bond acceptors (Lipinski definition) is 4. The van der Waals surface area contributed by atoms with Crippen LogP contribution in [-0.2, 0) is 14.3 Å². The molecule has 2 N–H and O–H groups in total. The second kappa shape index (κ2) is 6.86. The van der Waals surface area contributed by atoms with Crippen molar-refractivity contribution in [2.75, 3.05) is 19.8 Å². The van der Waals surface area contributed by atoms with Crippen molar-refractivity contribution in [1.82, 2.24) is 0 Å². The van der Waals surface area contributed by atoms with Gasteiger partial charge in [0.2, 0.25) is 0 Å².